The minimum absolute atomic E-state index is 0.0145. The lowest BCUT2D eigenvalue weighted by Crippen LogP contribution is -2.33. The maximum Gasteiger partial charge on any atom is 0.240 e. The summed E-state index contributed by atoms with van der Waals surface area (Å²) in [6.45, 7) is 9.08. The number of nitrogens with one attached hydrogen (secondary N) is 1. The Morgan fingerprint density at radius 3 is 2.31 bits per heavy atom. The molecule has 26 heavy (non-hydrogen) atoms. The fourth-order valence-electron chi connectivity index (χ4n) is 2.21. The van der Waals surface area contributed by atoms with Gasteiger partial charge in [0.2, 0.25) is 5.91 Å². The molecule has 0 saturated carbocycles. The molecule has 142 valence electrons. The standard InChI is InChI=1S/C18H21ClN2OS.C3H8/c1-13-7-9-15(10-8-13)11-20-18(22)12-21(23-3)17-6-4-5-16(19)14(17)2;1-3-2/h4-10H,11-12H2,1-3H3,(H,20,22);3H2,1-2H3. The van der Waals surface area contributed by atoms with Gasteiger partial charge in [0.1, 0.15) is 6.54 Å². The van der Waals surface area contributed by atoms with E-state index in [0.717, 1.165) is 16.8 Å². The van der Waals surface area contributed by atoms with Crippen molar-refractivity contribution in [3.63, 3.8) is 0 Å². The Bertz CT molecular complexity index is 689. The predicted molar refractivity (Wildman–Crippen MR) is 116 cm³/mol. The molecular formula is C21H29ClN2OS. The molecular weight excluding hydrogens is 364 g/mol. The topological polar surface area (TPSA) is 32.3 Å². The summed E-state index contributed by atoms with van der Waals surface area (Å²) in [4.78, 5) is 12.2. The van der Waals surface area contributed by atoms with E-state index >= 15 is 0 Å². The second kappa shape index (κ2) is 11.9. The van der Waals surface area contributed by atoms with Crippen LogP contribution in [0.4, 0.5) is 5.69 Å². The third-order valence-electron chi connectivity index (χ3n) is 3.63. The Balaban J connectivity index is 0.00000105. The van der Waals surface area contributed by atoms with Crippen LogP contribution in [0.15, 0.2) is 42.5 Å². The van der Waals surface area contributed by atoms with Crippen LogP contribution in [0.3, 0.4) is 0 Å². The van der Waals surface area contributed by atoms with Crippen molar-refractivity contribution in [1.82, 2.24) is 5.32 Å². The van der Waals surface area contributed by atoms with Crippen molar-refractivity contribution in [3.05, 3.63) is 64.2 Å². The summed E-state index contributed by atoms with van der Waals surface area (Å²) in [5.74, 6) is -0.0145. The first kappa shape index (κ1) is 22.4. The fourth-order valence-corrected chi connectivity index (χ4v) is 3.02. The van der Waals surface area contributed by atoms with Crippen LogP contribution in [0.25, 0.3) is 0 Å². The first-order valence-electron chi connectivity index (χ1n) is 8.81. The van der Waals surface area contributed by atoms with Crippen LogP contribution in [-0.2, 0) is 11.3 Å². The zero-order valence-electron chi connectivity index (χ0n) is 16.3. The Kier molecular flexibility index (Phi) is 10.2. The van der Waals surface area contributed by atoms with Crippen molar-refractivity contribution >= 4 is 35.1 Å². The Labute approximate surface area is 167 Å². The second-order valence-corrected chi connectivity index (χ2v) is 7.29. The monoisotopic (exact) mass is 392 g/mol. The van der Waals surface area contributed by atoms with E-state index in [1.54, 1.807) is 0 Å². The molecule has 0 spiro atoms. The molecule has 0 unspecified atom stereocenters. The molecule has 1 amide bonds. The molecule has 2 aromatic carbocycles. The number of benzene rings is 2. The number of hydrogen-bond acceptors (Lipinski definition) is 3. The Morgan fingerprint density at radius 1 is 1.12 bits per heavy atom. The normalized spacial score (nSPS) is 9.92. The van der Waals surface area contributed by atoms with Crippen LogP contribution in [0.5, 0.6) is 0 Å². The molecule has 2 aromatic rings. The predicted octanol–water partition coefficient (Wildman–Crippen LogP) is 5.77. The van der Waals surface area contributed by atoms with Crippen molar-refractivity contribution in [2.24, 2.45) is 0 Å². The Morgan fingerprint density at radius 2 is 1.73 bits per heavy atom. The van der Waals surface area contributed by atoms with Gasteiger partial charge in [-0.1, -0.05) is 79.7 Å². The average molecular weight is 393 g/mol. The molecule has 3 nitrogen and oxygen atoms in total. The van der Waals surface area contributed by atoms with Gasteiger partial charge in [-0.15, -0.1) is 0 Å². The summed E-state index contributed by atoms with van der Waals surface area (Å²) in [5.41, 5.74) is 4.26. The minimum Gasteiger partial charge on any atom is -0.350 e. The maximum atomic E-state index is 12.2. The zero-order valence-corrected chi connectivity index (χ0v) is 17.9. The highest BCUT2D eigenvalue weighted by atomic mass is 35.5. The second-order valence-electron chi connectivity index (χ2n) is 6.07. The van der Waals surface area contributed by atoms with E-state index in [-0.39, 0.29) is 12.5 Å². The Hall–Kier alpha value is -1.65. The SMILES string of the molecule is CCC.CSN(CC(=O)NCc1ccc(C)cc1)c1cccc(Cl)c1C. The quantitative estimate of drug-likeness (QED) is 0.633. The minimum atomic E-state index is -0.0145. The molecule has 0 bridgehead atoms. The van der Waals surface area contributed by atoms with E-state index in [1.165, 1.54) is 23.9 Å². The first-order chi connectivity index (χ1) is 12.4. The average Bonchev–Trinajstić information content (AvgIpc) is 2.62. The van der Waals surface area contributed by atoms with Gasteiger partial charge in [-0.2, -0.15) is 0 Å². The van der Waals surface area contributed by atoms with Crippen molar-refractivity contribution in [1.29, 1.82) is 0 Å². The van der Waals surface area contributed by atoms with Crippen molar-refractivity contribution in [2.45, 2.75) is 40.7 Å². The number of anilines is 1. The molecule has 0 heterocycles. The third kappa shape index (κ3) is 7.30. The van der Waals surface area contributed by atoms with E-state index in [9.17, 15) is 4.79 Å². The van der Waals surface area contributed by atoms with Crippen LogP contribution >= 0.6 is 23.5 Å². The van der Waals surface area contributed by atoms with Crippen LogP contribution < -0.4 is 9.62 Å². The largest absolute Gasteiger partial charge is 0.350 e. The van der Waals surface area contributed by atoms with E-state index in [1.807, 2.05) is 66.9 Å². The van der Waals surface area contributed by atoms with Gasteiger partial charge in [-0.05, 0) is 37.1 Å². The number of carbonyl (C=O) groups excluding carboxylic acids is 1. The van der Waals surface area contributed by atoms with E-state index < -0.39 is 0 Å². The lowest BCUT2D eigenvalue weighted by molar-refractivity contribution is -0.119. The van der Waals surface area contributed by atoms with Crippen LogP contribution in [0.2, 0.25) is 5.02 Å². The highest BCUT2D eigenvalue weighted by molar-refractivity contribution is 8.00. The third-order valence-corrected chi connectivity index (χ3v) is 4.80. The van der Waals surface area contributed by atoms with Crippen LogP contribution in [-0.4, -0.2) is 18.7 Å². The van der Waals surface area contributed by atoms with Crippen molar-refractivity contribution in [2.75, 3.05) is 17.1 Å². The van der Waals surface area contributed by atoms with E-state index in [2.05, 4.69) is 19.2 Å². The number of halogens is 1. The number of rotatable bonds is 6. The highest BCUT2D eigenvalue weighted by Crippen LogP contribution is 2.29. The molecule has 5 heteroatoms. The molecule has 0 atom stereocenters. The van der Waals surface area contributed by atoms with Gasteiger partial charge < -0.3 is 9.62 Å². The van der Waals surface area contributed by atoms with Gasteiger partial charge in [0.15, 0.2) is 0 Å². The zero-order chi connectivity index (χ0) is 19.5. The molecule has 0 saturated heterocycles. The lowest BCUT2D eigenvalue weighted by atomic mass is 10.1. The number of aryl methyl sites for hydroxylation is 1. The summed E-state index contributed by atoms with van der Waals surface area (Å²) < 4.78 is 1.95. The van der Waals surface area contributed by atoms with Crippen molar-refractivity contribution < 1.29 is 4.79 Å². The summed E-state index contributed by atoms with van der Waals surface area (Å²) in [6, 6.07) is 13.9. The summed E-state index contributed by atoms with van der Waals surface area (Å²) in [7, 11) is 0. The van der Waals surface area contributed by atoms with Gasteiger partial charge in [0.25, 0.3) is 0 Å². The van der Waals surface area contributed by atoms with Gasteiger partial charge in [0, 0.05) is 17.8 Å². The van der Waals surface area contributed by atoms with Gasteiger partial charge in [-0.25, -0.2) is 0 Å². The summed E-state index contributed by atoms with van der Waals surface area (Å²) >= 11 is 7.68. The molecule has 0 fully saturated rings. The van der Waals surface area contributed by atoms with Gasteiger partial charge in [0.05, 0.1) is 5.69 Å². The van der Waals surface area contributed by atoms with E-state index in [4.69, 9.17) is 11.6 Å². The first-order valence-corrected chi connectivity index (χ1v) is 10.4. The molecule has 0 aromatic heterocycles. The number of amides is 1. The molecule has 1 N–H and O–H groups in total. The van der Waals surface area contributed by atoms with E-state index in [0.29, 0.717) is 11.6 Å². The molecule has 2 rings (SSSR count). The molecule has 0 radical (unpaired) electrons. The molecule has 0 aliphatic carbocycles. The maximum absolute atomic E-state index is 12.2. The molecule has 0 aliphatic heterocycles. The molecule has 0 aliphatic rings. The smallest absolute Gasteiger partial charge is 0.240 e. The van der Waals surface area contributed by atoms with Crippen LogP contribution in [0.1, 0.15) is 37.0 Å². The fraction of sp³-hybridized carbons (Fsp3) is 0.381. The van der Waals surface area contributed by atoms with Crippen LogP contribution in [0, 0.1) is 13.8 Å². The highest BCUT2D eigenvalue weighted by Gasteiger charge is 2.14. The number of nitrogens with zero attached hydrogens (tertiary/aromatic N) is 1. The van der Waals surface area contributed by atoms with Crippen molar-refractivity contribution in [3.8, 4) is 0 Å². The summed E-state index contributed by atoms with van der Waals surface area (Å²) in [5, 5.41) is 3.67. The van der Waals surface area contributed by atoms with Gasteiger partial charge in [-0.3, -0.25) is 4.79 Å². The summed E-state index contributed by atoms with van der Waals surface area (Å²) in [6.07, 6.45) is 3.20. The number of hydrogen-bond donors (Lipinski definition) is 1. The number of carbonyl (C=O) groups is 1. The van der Waals surface area contributed by atoms with Gasteiger partial charge >= 0.3 is 0 Å². The lowest BCUT2D eigenvalue weighted by Gasteiger charge is -2.23.